The molecule has 0 spiro atoms. The van der Waals surface area contributed by atoms with Crippen molar-refractivity contribution in [2.45, 2.75) is 13.8 Å². The fraction of sp³-hybridized carbons (Fsp3) is 0.188. The third kappa shape index (κ3) is 3.52. The van der Waals surface area contributed by atoms with Crippen LogP contribution in [0.3, 0.4) is 0 Å². The number of benzene rings is 2. The summed E-state index contributed by atoms with van der Waals surface area (Å²) < 4.78 is 13.8. The van der Waals surface area contributed by atoms with Gasteiger partial charge in [0.05, 0.1) is 11.3 Å². The molecule has 0 unspecified atom stereocenters. The third-order valence-electron chi connectivity index (χ3n) is 3.04. The number of anilines is 2. The van der Waals surface area contributed by atoms with Crippen LogP contribution in [0.2, 0.25) is 5.02 Å². The lowest BCUT2D eigenvalue weighted by atomic mass is 10.1. The molecule has 0 aliphatic carbocycles. The second-order valence-electron chi connectivity index (χ2n) is 4.61. The molecule has 0 fully saturated rings. The smallest absolute Gasteiger partial charge is 0.257 e. The highest BCUT2D eigenvalue weighted by atomic mass is 35.5. The Hall–Kier alpha value is -2.07. The molecule has 3 nitrogen and oxygen atoms in total. The molecule has 21 heavy (non-hydrogen) atoms. The van der Waals surface area contributed by atoms with E-state index in [4.69, 9.17) is 11.6 Å². The van der Waals surface area contributed by atoms with E-state index < -0.39 is 5.82 Å². The minimum absolute atomic E-state index is 0.204. The van der Waals surface area contributed by atoms with Crippen molar-refractivity contribution in [1.29, 1.82) is 0 Å². The molecule has 0 radical (unpaired) electrons. The largest absolute Gasteiger partial charge is 0.382 e. The van der Waals surface area contributed by atoms with Crippen molar-refractivity contribution in [2.24, 2.45) is 0 Å². The zero-order valence-corrected chi connectivity index (χ0v) is 12.6. The van der Waals surface area contributed by atoms with E-state index in [1.54, 1.807) is 18.2 Å². The van der Waals surface area contributed by atoms with Crippen LogP contribution in [0, 0.1) is 12.7 Å². The van der Waals surface area contributed by atoms with Crippen molar-refractivity contribution < 1.29 is 9.18 Å². The summed E-state index contributed by atoms with van der Waals surface area (Å²) in [6.07, 6.45) is 0. The summed E-state index contributed by atoms with van der Waals surface area (Å²) in [5.41, 5.74) is 1.96. The Kier molecular flexibility index (Phi) is 4.81. The van der Waals surface area contributed by atoms with E-state index >= 15 is 0 Å². The number of halogens is 2. The molecule has 1 amide bonds. The maximum Gasteiger partial charge on any atom is 0.257 e. The van der Waals surface area contributed by atoms with Crippen LogP contribution in [0.4, 0.5) is 15.8 Å². The fourth-order valence-corrected chi connectivity index (χ4v) is 2.12. The number of hydrogen-bond acceptors (Lipinski definition) is 2. The van der Waals surface area contributed by atoms with E-state index in [-0.39, 0.29) is 17.2 Å². The average Bonchev–Trinajstić information content (AvgIpc) is 2.45. The first-order chi connectivity index (χ1) is 10.0. The SMILES string of the molecule is CCNc1c(F)cccc1C(=O)Nc1ccc(C)c(Cl)c1. The Morgan fingerprint density at radius 3 is 2.71 bits per heavy atom. The molecule has 2 N–H and O–H groups in total. The maximum absolute atomic E-state index is 13.8. The molecule has 0 aliphatic heterocycles. The molecule has 110 valence electrons. The van der Waals surface area contributed by atoms with Gasteiger partial charge >= 0.3 is 0 Å². The minimum atomic E-state index is -0.452. The van der Waals surface area contributed by atoms with Gasteiger partial charge in [-0.2, -0.15) is 0 Å². The lowest BCUT2D eigenvalue weighted by Crippen LogP contribution is -2.15. The Bertz CT molecular complexity index is 673. The quantitative estimate of drug-likeness (QED) is 0.875. The first-order valence-corrected chi connectivity index (χ1v) is 7.00. The number of nitrogens with one attached hydrogen (secondary N) is 2. The van der Waals surface area contributed by atoms with E-state index in [1.165, 1.54) is 12.1 Å². The summed E-state index contributed by atoms with van der Waals surface area (Å²) in [7, 11) is 0. The van der Waals surface area contributed by atoms with Gasteiger partial charge in [0.25, 0.3) is 5.91 Å². The highest BCUT2D eigenvalue weighted by molar-refractivity contribution is 6.31. The molecule has 2 aromatic rings. The molecule has 2 rings (SSSR count). The van der Waals surface area contributed by atoms with E-state index in [9.17, 15) is 9.18 Å². The summed E-state index contributed by atoms with van der Waals surface area (Å²) in [4.78, 5) is 12.3. The maximum atomic E-state index is 13.8. The fourth-order valence-electron chi connectivity index (χ4n) is 1.94. The molecular formula is C16H16ClFN2O. The number of para-hydroxylation sites is 1. The minimum Gasteiger partial charge on any atom is -0.382 e. The van der Waals surface area contributed by atoms with Crippen LogP contribution in [-0.2, 0) is 0 Å². The third-order valence-corrected chi connectivity index (χ3v) is 3.45. The van der Waals surface area contributed by atoms with Gasteiger partial charge in [-0.25, -0.2) is 4.39 Å². The second-order valence-corrected chi connectivity index (χ2v) is 5.02. The molecule has 0 heterocycles. The van der Waals surface area contributed by atoms with Crippen LogP contribution < -0.4 is 10.6 Å². The Labute approximate surface area is 128 Å². The van der Waals surface area contributed by atoms with Gasteiger partial charge < -0.3 is 10.6 Å². The highest BCUT2D eigenvalue weighted by Gasteiger charge is 2.15. The zero-order valence-electron chi connectivity index (χ0n) is 11.8. The Morgan fingerprint density at radius 2 is 2.05 bits per heavy atom. The molecule has 0 atom stereocenters. The van der Waals surface area contributed by atoms with Gasteiger partial charge in [0.2, 0.25) is 0 Å². The number of carbonyl (C=O) groups excluding carboxylic acids is 1. The van der Waals surface area contributed by atoms with Crippen molar-refractivity contribution >= 4 is 28.9 Å². The van der Waals surface area contributed by atoms with Crippen molar-refractivity contribution in [2.75, 3.05) is 17.2 Å². The summed E-state index contributed by atoms with van der Waals surface area (Å²) in [6, 6.07) is 9.64. The van der Waals surface area contributed by atoms with Crippen molar-refractivity contribution in [3.63, 3.8) is 0 Å². The van der Waals surface area contributed by atoms with Crippen LogP contribution in [0.15, 0.2) is 36.4 Å². The van der Waals surface area contributed by atoms with E-state index in [1.807, 2.05) is 19.9 Å². The predicted octanol–water partition coefficient (Wildman–Crippen LogP) is 4.47. The number of amides is 1. The van der Waals surface area contributed by atoms with Gasteiger partial charge in [0.15, 0.2) is 0 Å². The van der Waals surface area contributed by atoms with Crippen molar-refractivity contribution in [3.05, 3.63) is 58.4 Å². The Morgan fingerprint density at radius 1 is 1.29 bits per heavy atom. The van der Waals surface area contributed by atoms with Gasteiger partial charge in [0.1, 0.15) is 5.82 Å². The summed E-state index contributed by atoms with van der Waals surface area (Å²) in [5, 5.41) is 6.16. The summed E-state index contributed by atoms with van der Waals surface area (Å²) in [6.45, 7) is 4.25. The molecule has 0 aromatic heterocycles. The first-order valence-electron chi connectivity index (χ1n) is 6.62. The van der Waals surface area contributed by atoms with Gasteiger partial charge in [-0.1, -0.05) is 23.7 Å². The van der Waals surface area contributed by atoms with Gasteiger partial charge in [-0.15, -0.1) is 0 Å². The molecule has 0 saturated carbocycles. The van der Waals surface area contributed by atoms with Gasteiger partial charge in [-0.3, -0.25) is 4.79 Å². The standard InChI is InChI=1S/C16H16ClFN2O/c1-3-19-15-12(5-4-6-14(15)18)16(21)20-11-8-7-10(2)13(17)9-11/h4-9,19H,3H2,1-2H3,(H,20,21). The lowest BCUT2D eigenvalue weighted by molar-refractivity contribution is 0.102. The molecule has 0 bridgehead atoms. The Balaban J connectivity index is 2.28. The number of hydrogen-bond donors (Lipinski definition) is 2. The summed E-state index contributed by atoms with van der Waals surface area (Å²) >= 11 is 6.03. The monoisotopic (exact) mass is 306 g/mol. The van der Waals surface area contributed by atoms with Crippen molar-refractivity contribution in [3.8, 4) is 0 Å². The molecule has 2 aromatic carbocycles. The second kappa shape index (κ2) is 6.59. The number of aryl methyl sites for hydroxylation is 1. The zero-order chi connectivity index (χ0) is 15.4. The topological polar surface area (TPSA) is 41.1 Å². The van der Waals surface area contributed by atoms with E-state index in [0.717, 1.165) is 5.56 Å². The predicted molar refractivity (Wildman–Crippen MR) is 84.7 cm³/mol. The van der Waals surface area contributed by atoms with E-state index in [0.29, 0.717) is 17.3 Å². The van der Waals surface area contributed by atoms with Gasteiger partial charge in [0, 0.05) is 17.3 Å². The van der Waals surface area contributed by atoms with Crippen LogP contribution in [0.5, 0.6) is 0 Å². The van der Waals surface area contributed by atoms with Crippen LogP contribution in [0.25, 0.3) is 0 Å². The van der Waals surface area contributed by atoms with Crippen LogP contribution in [-0.4, -0.2) is 12.5 Å². The van der Waals surface area contributed by atoms with Gasteiger partial charge in [-0.05, 0) is 43.7 Å². The molecule has 0 aliphatic rings. The lowest BCUT2D eigenvalue weighted by Gasteiger charge is -2.12. The van der Waals surface area contributed by atoms with Crippen LogP contribution >= 0.6 is 11.6 Å². The van der Waals surface area contributed by atoms with E-state index in [2.05, 4.69) is 10.6 Å². The number of rotatable bonds is 4. The average molecular weight is 307 g/mol. The first kappa shape index (κ1) is 15.3. The molecule has 0 saturated heterocycles. The summed E-state index contributed by atoms with van der Waals surface area (Å²) in [5.74, 6) is -0.836. The highest BCUT2D eigenvalue weighted by Crippen LogP contribution is 2.23. The molecule has 5 heteroatoms. The number of carbonyl (C=O) groups is 1. The normalized spacial score (nSPS) is 10.3. The van der Waals surface area contributed by atoms with Crippen LogP contribution in [0.1, 0.15) is 22.8 Å². The van der Waals surface area contributed by atoms with Crippen molar-refractivity contribution in [1.82, 2.24) is 0 Å². The molecular weight excluding hydrogens is 291 g/mol.